The Morgan fingerprint density at radius 2 is 1.30 bits per heavy atom. The molecule has 2 aliphatic rings. The minimum Gasteiger partial charge on any atom is -0.449 e. The molecule has 0 aliphatic heterocycles. The molecular weight excluding hydrogens is 547 g/mol. The number of benzene rings is 2. The molecule has 2 aromatic rings. The van der Waals surface area contributed by atoms with E-state index in [1.807, 2.05) is 60.7 Å². The molecular formula is C32H48Cl2N2O4. The number of hydrogen-bond acceptors (Lipinski definition) is 5. The Morgan fingerprint density at radius 1 is 0.825 bits per heavy atom. The first kappa shape index (κ1) is 35.7. The number of alkyl carbamates (subject to hydrolysis) is 1. The largest absolute Gasteiger partial charge is 0.449 e. The lowest BCUT2D eigenvalue weighted by atomic mass is 9.75. The Balaban J connectivity index is 0.000000324. The minimum atomic E-state index is -0.770. The normalized spacial score (nSPS) is 20.6. The van der Waals surface area contributed by atoms with E-state index in [1.54, 1.807) is 0 Å². The number of nitrogens with two attached hydrogens (primary N) is 1. The van der Waals surface area contributed by atoms with Crippen LogP contribution in [0.5, 0.6) is 0 Å². The van der Waals surface area contributed by atoms with Crippen LogP contribution < -0.4 is 11.1 Å². The molecule has 2 saturated carbocycles. The molecule has 40 heavy (non-hydrogen) atoms. The molecule has 3 N–H and O–H groups in total. The highest BCUT2D eigenvalue weighted by atomic mass is 35.5. The van der Waals surface area contributed by atoms with Gasteiger partial charge in [0, 0.05) is 23.7 Å². The first-order valence-corrected chi connectivity index (χ1v) is 14.4. The standard InChI is InChI=1S/C16H23NO2.C8H7ClO2.C8H17N.ClH/c1-16(2)10-6-9-14(11-16)17-15(18)19-12-13-7-4-3-5-8-13;9-8(10)11-6-7-4-2-1-3-5-7;1-8(2)5-3-4-7(9)6-8;/h3-5,7-8,14H,6,9-12H2,1-2H3,(H,17,18);1-5H,6H2;7H,3-6,9H2,1-2H3;1H. The summed E-state index contributed by atoms with van der Waals surface area (Å²) in [5.41, 5.74) is 7.84. The Hall–Kier alpha value is -2.28. The molecule has 6 nitrogen and oxygen atoms in total. The minimum absolute atomic E-state index is 0. The maximum absolute atomic E-state index is 11.8. The van der Waals surface area contributed by atoms with Gasteiger partial charge in [0.25, 0.3) is 0 Å². The third kappa shape index (κ3) is 16.1. The molecule has 224 valence electrons. The zero-order valence-electron chi connectivity index (χ0n) is 24.5. The molecule has 2 fully saturated rings. The molecule has 0 spiro atoms. The number of carbonyl (C=O) groups excluding carboxylic acids is 2. The lowest BCUT2D eigenvalue weighted by Crippen LogP contribution is -2.40. The third-order valence-corrected chi connectivity index (χ3v) is 7.29. The summed E-state index contributed by atoms with van der Waals surface area (Å²) in [4.78, 5) is 21.9. The SMILES string of the molecule is CC1(C)CCCC(N)C1.CC1(C)CCCC(NC(=O)OCc2ccccc2)C1.Cl.O=C(Cl)OCc1ccccc1. The Morgan fingerprint density at radius 3 is 1.73 bits per heavy atom. The van der Waals surface area contributed by atoms with E-state index in [0.29, 0.717) is 23.5 Å². The van der Waals surface area contributed by atoms with Crippen molar-refractivity contribution in [1.82, 2.24) is 5.32 Å². The van der Waals surface area contributed by atoms with Crippen LogP contribution in [0.15, 0.2) is 60.7 Å². The average Bonchev–Trinajstić information content (AvgIpc) is 2.87. The van der Waals surface area contributed by atoms with Gasteiger partial charge in [0.2, 0.25) is 0 Å². The molecule has 1 amide bonds. The van der Waals surface area contributed by atoms with Gasteiger partial charge in [0.15, 0.2) is 0 Å². The Labute approximate surface area is 252 Å². The van der Waals surface area contributed by atoms with Crippen molar-refractivity contribution in [1.29, 1.82) is 0 Å². The molecule has 2 atom stereocenters. The molecule has 2 aromatic carbocycles. The highest BCUT2D eigenvalue weighted by Crippen LogP contribution is 2.35. The van der Waals surface area contributed by atoms with Crippen molar-refractivity contribution in [2.45, 2.75) is 104 Å². The van der Waals surface area contributed by atoms with Crippen LogP contribution >= 0.6 is 24.0 Å². The van der Waals surface area contributed by atoms with E-state index < -0.39 is 5.43 Å². The van der Waals surface area contributed by atoms with E-state index in [2.05, 4.69) is 37.7 Å². The van der Waals surface area contributed by atoms with Crippen molar-refractivity contribution in [3.63, 3.8) is 0 Å². The molecule has 8 heteroatoms. The fourth-order valence-corrected chi connectivity index (χ4v) is 5.28. The fraction of sp³-hybridized carbons (Fsp3) is 0.562. The van der Waals surface area contributed by atoms with Gasteiger partial charge in [-0.05, 0) is 60.5 Å². The van der Waals surface area contributed by atoms with E-state index in [4.69, 9.17) is 22.1 Å². The third-order valence-electron chi connectivity index (χ3n) is 7.18. The van der Waals surface area contributed by atoms with E-state index in [0.717, 1.165) is 24.0 Å². The summed E-state index contributed by atoms with van der Waals surface area (Å²) in [6, 6.07) is 19.9. The van der Waals surface area contributed by atoms with Crippen LogP contribution in [0.4, 0.5) is 9.59 Å². The Kier molecular flexibility index (Phi) is 16.3. The second kappa shape index (κ2) is 18.2. The number of nitrogens with one attached hydrogen (secondary N) is 1. The number of carbonyl (C=O) groups is 2. The second-order valence-electron chi connectivity index (χ2n) is 12.2. The van der Waals surface area contributed by atoms with Crippen LogP contribution in [-0.2, 0) is 22.7 Å². The number of halogens is 2. The van der Waals surface area contributed by atoms with Crippen molar-refractivity contribution < 1.29 is 19.1 Å². The molecule has 0 bridgehead atoms. The van der Waals surface area contributed by atoms with Crippen LogP contribution in [0.1, 0.15) is 90.2 Å². The van der Waals surface area contributed by atoms with Gasteiger partial charge in [-0.25, -0.2) is 9.59 Å². The zero-order valence-corrected chi connectivity index (χ0v) is 26.1. The quantitative estimate of drug-likeness (QED) is 0.337. The van der Waals surface area contributed by atoms with Crippen LogP contribution in [0.3, 0.4) is 0 Å². The van der Waals surface area contributed by atoms with E-state index in [9.17, 15) is 9.59 Å². The van der Waals surface area contributed by atoms with E-state index in [-0.39, 0.29) is 31.1 Å². The highest BCUT2D eigenvalue weighted by molar-refractivity contribution is 6.61. The predicted molar refractivity (Wildman–Crippen MR) is 166 cm³/mol. The van der Waals surface area contributed by atoms with Crippen molar-refractivity contribution in [3.8, 4) is 0 Å². The highest BCUT2D eigenvalue weighted by Gasteiger charge is 2.29. The average molecular weight is 596 g/mol. The maximum atomic E-state index is 11.8. The van der Waals surface area contributed by atoms with Crippen molar-refractivity contribution in [3.05, 3.63) is 71.8 Å². The van der Waals surface area contributed by atoms with Gasteiger partial charge in [-0.2, -0.15) is 0 Å². The molecule has 2 aliphatic carbocycles. The van der Waals surface area contributed by atoms with Crippen molar-refractivity contribution >= 4 is 35.5 Å². The predicted octanol–water partition coefficient (Wildman–Crippen LogP) is 8.78. The van der Waals surface area contributed by atoms with Crippen LogP contribution in [0.2, 0.25) is 0 Å². The van der Waals surface area contributed by atoms with Gasteiger partial charge in [0.1, 0.15) is 13.2 Å². The summed E-state index contributed by atoms with van der Waals surface area (Å²) in [6.07, 6.45) is 9.36. The summed E-state index contributed by atoms with van der Waals surface area (Å²) in [7, 11) is 0. The number of ether oxygens (including phenoxy) is 2. The summed E-state index contributed by atoms with van der Waals surface area (Å²) < 4.78 is 9.80. The summed E-state index contributed by atoms with van der Waals surface area (Å²) in [5.74, 6) is 0. The van der Waals surface area contributed by atoms with Gasteiger partial charge in [0.05, 0.1) is 0 Å². The van der Waals surface area contributed by atoms with Crippen molar-refractivity contribution in [2.24, 2.45) is 16.6 Å². The van der Waals surface area contributed by atoms with Gasteiger partial charge >= 0.3 is 11.5 Å². The smallest absolute Gasteiger partial charge is 0.407 e. The van der Waals surface area contributed by atoms with Gasteiger partial charge < -0.3 is 20.5 Å². The monoisotopic (exact) mass is 594 g/mol. The maximum Gasteiger partial charge on any atom is 0.407 e. The second-order valence-corrected chi connectivity index (χ2v) is 12.5. The lowest BCUT2D eigenvalue weighted by Gasteiger charge is -2.35. The van der Waals surface area contributed by atoms with Crippen LogP contribution in [0.25, 0.3) is 0 Å². The first-order valence-electron chi connectivity index (χ1n) is 14.0. The number of amides is 1. The number of rotatable bonds is 5. The summed E-state index contributed by atoms with van der Waals surface area (Å²) in [5, 5.41) is 2.98. The molecule has 2 unspecified atom stereocenters. The zero-order chi connectivity index (χ0) is 28.7. The summed E-state index contributed by atoms with van der Waals surface area (Å²) in [6.45, 7) is 9.72. The summed E-state index contributed by atoms with van der Waals surface area (Å²) >= 11 is 4.97. The molecule has 0 saturated heterocycles. The fourth-order valence-electron chi connectivity index (χ4n) is 5.22. The molecule has 0 radical (unpaired) electrons. The topological polar surface area (TPSA) is 90.6 Å². The van der Waals surface area contributed by atoms with E-state index in [1.165, 1.54) is 38.5 Å². The van der Waals surface area contributed by atoms with E-state index >= 15 is 0 Å². The van der Waals surface area contributed by atoms with Gasteiger partial charge in [-0.1, -0.05) is 101 Å². The molecule has 0 heterocycles. The van der Waals surface area contributed by atoms with Crippen LogP contribution in [0, 0.1) is 10.8 Å². The Bertz CT molecular complexity index is 987. The van der Waals surface area contributed by atoms with Gasteiger partial charge in [-0.3, -0.25) is 0 Å². The molecule has 4 rings (SSSR count). The van der Waals surface area contributed by atoms with Crippen molar-refractivity contribution in [2.75, 3.05) is 0 Å². The first-order chi connectivity index (χ1) is 18.4. The number of hydrogen-bond donors (Lipinski definition) is 2. The molecule has 0 aromatic heterocycles. The van der Waals surface area contributed by atoms with Crippen LogP contribution in [-0.4, -0.2) is 23.6 Å². The lowest BCUT2D eigenvalue weighted by molar-refractivity contribution is 0.124. The van der Waals surface area contributed by atoms with Gasteiger partial charge in [-0.15, -0.1) is 12.4 Å².